The van der Waals surface area contributed by atoms with E-state index in [9.17, 15) is 4.79 Å². The quantitative estimate of drug-likeness (QED) is 0.485. The Balaban J connectivity index is 1.65. The Hall–Kier alpha value is -2.55. The van der Waals surface area contributed by atoms with Crippen molar-refractivity contribution in [3.8, 4) is 0 Å². The molecule has 1 aliphatic carbocycles. The van der Waals surface area contributed by atoms with Gasteiger partial charge in [-0.1, -0.05) is 57.9 Å². The maximum absolute atomic E-state index is 13.4. The fraction of sp³-hybridized carbons (Fsp3) is 0.423. The molecule has 0 spiro atoms. The highest BCUT2D eigenvalue weighted by atomic mass is 16.1. The Morgan fingerprint density at radius 1 is 1.03 bits per heavy atom. The summed E-state index contributed by atoms with van der Waals surface area (Å²) in [5.74, 6) is 0.492. The fourth-order valence-electron chi connectivity index (χ4n) is 4.85. The number of aromatic nitrogens is 1. The summed E-state index contributed by atoms with van der Waals surface area (Å²) in [4.78, 5) is 17.0. The molecule has 0 radical (unpaired) electrons. The molecule has 0 saturated carbocycles. The number of para-hydroxylation sites is 1. The molecule has 1 heterocycles. The molecule has 3 heteroatoms. The molecule has 152 valence electrons. The zero-order valence-electron chi connectivity index (χ0n) is 17.8. The van der Waals surface area contributed by atoms with Crippen LogP contribution in [0.1, 0.15) is 80.7 Å². The highest BCUT2D eigenvalue weighted by molar-refractivity contribution is 6.00. The zero-order chi connectivity index (χ0) is 20.4. The van der Waals surface area contributed by atoms with E-state index in [2.05, 4.69) is 73.5 Å². The van der Waals surface area contributed by atoms with E-state index in [1.165, 1.54) is 27.8 Å². The summed E-state index contributed by atoms with van der Waals surface area (Å²) in [5, 5.41) is 4.46. The molecule has 0 bridgehead atoms. The van der Waals surface area contributed by atoms with Gasteiger partial charge in [-0.2, -0.15) is 0 Å². The first-order chi connectivity index (χ1) is 14.1. The minimum Gasteiger partial charge on any atom is -0.358 e. The van der Waals surface area contributed by atoms with Crippen molar-refractivity contribution in [1.82, 2.24) is 4.98 Å². The van der Waals surface area contributed by atoms with E-state index in [0.717, 1.165) is 49.7 Å². The minimum absolute atomic E-state index is 0.0955. The summed E-state index contributed by atoms with van der Waals surface area (Å²) in [6.45, 7) is 6.66. The molecule has 1 aliphatic rings. The standard InChI is InChI=1S/C26H32N2O/c1-4-8-18-14-19(9-5-2)16-20(15-18)27-26(29)22-13-12-17(3)25-24(22)21-10-6-7-11-23(21)28-25/h6-7,10-11,14-17,22,28H,4-5,8-9,12-13H2,1-3H3,(H,27,29). The van der Waals surface area contributed by atoms with Crippen molar-refractivity contribution >= 4 is 22.5 Å². The van der Waals surface area contributed by atoms with Crippen LogP contribution in [0.15, 0.2) is 42.5 Å². The molecule has 2 unspecified atom stereocenters. The number of amides is 1. The van der Waals surface area contributed by atoms with Gasteiger partial charge < -0.3 is 10.3 Å². The van der Waals surface area contributed by atoms with Crippen LogP contribution in [0.5, 0.6) is 0 Å². The molecule has 2 atom stereocenters. The van der Waals surface area contributed by atoms with Crippen molar-refractivity contribution in [3.63, 3.8) is 0 Å². The number of rotatable bonds is 6. The third-order valence-corrected chi connectivity index (χ3v) is 6.22. The number of aryl methyl sites for hydroxylation is 2. The average Bonchev–Trinajstić information content (AvgIpc) is 3.09. The van der Waals surface area contributed by atoms with Crippen molar-refractivity contribution in [2.75, 3.05) is 5.32 Å². The van der Waals surface area contributed by atoms with E-state index in [1.54, 1.807) is 0 Å². The number of anilines is 1. The van der Waals surface area contributed by atoms with Gasteiger partial charge in [0.05, 0.1) is 5.92 Å². The summed E-state index contributed by atoms with van der Waals surface area (Å²) in [5.41, 5.74) is 7.17. The first kappa shape index (κ1) is 19.8. The lowest BCUT2D eigenvalue weighted by atomic mass is 9.79. The van der Waals surface area contributed by atoms with Crippen molar-refractivity contribution < 1.29 is 4.79 Å². The predicted molar refractivity (Wildman–Crippen MR) is 122 cm³/mol. The molecular weight excluding hydrogens is 356 g/mol. The minimum atomic E-state index is -0.0955. The summed E-state index contributed by atoms with van der Waals surface area (Å²) in [6.07, 6.45) is 6.26. The lowest BCUT2D eigenvalue weighted by molar-refractivity contribution is -0.117. The van der Waals surface area contributed by atoms with Gasteiger partial charge in [0.25, 0.3) is 0 Å². The van der Waals surface area contributed by atoms with E-state index in [-0.39, 0.29) is 11.8 Å². The third-order valence-electron chi connectivity index (χ3n) is 6.22. The van der Waals surface area contributed by atoms with E-state index in [4.69, 9.17) is 0 Å². The Kier molecular flexibility index (Phi) is 5.75. The number of aromatic amines is 1. The van der Waals surface area contributed by atoms with E-state index in [1.807, 2.05) is 0 Å². The van der Waals surface area contributed by atoms with Crippen LogP contribution in [-0.4, -0.2) is 10.9 Å². The predicted octanol–water partition coefficient (Wildman–Crippen LogP) is 6.69. The molecule has 1 amide bonds. The topological polar surface area (TPSA) is 44.9 Å². The summed E-state index contributed by atoms with van der Waals surface area (Å²) in [6, 6.07) is 15.0. The van der Waals surface area contributed by atoms with Crippen LogP contribution in [0, 0.1) is 0 Å². The number of carbonyl (C=O) groups excluding carboxylic acids is 1. The summed E-state index contributed by atoms with van der Waals surface area (Å²) >= 11 is 0. The van der Waals surface area contributed by atoms with Gasteiger partial charge in [-0.3, -0.25) is 4.79 Å². The number of H-pyrrole nitrogens is 1. The smallest absolute Gasteiger partial charge is 0.232 e. The van der Waals surface area contributed by atoms with Gasteiger partial charge in [0, 0.05) is 22.3 Å². The van der Waals surface area contributed by atoms with E-state index >= 15 is 0 Å². The molecule has 2 N–H and O–H groups in total. The SMILES string of the molecule is CCCc1cc(CCC)cc(NC(=O)C2CCC(C)c3[nH]c4ccccc4c32)c1. The molecule has 3 aromatic rings. The van der Waals surface area contributed by atoms with Crippen LogP contribution in [0.3, 0.4) is 0 Å². The van der Waals surface area contributed by atoms with E-state index in [0.29, 0.717) is 5.92 Å². The molecule has 2 aromatic carbocycles. The van der Waals surface area contributed by atoms with Crippen LogP contribution in [0.25, 0.3) is 10.9 Å². The van der Waals surface area contributed by atoms with Gasteiger partial charge in [-0.25, -0.2) is 0 Å². The first-order valence-electron chi connectivity index (χ1n) is 11.1. The van der Waals surface area contributed by atoms with Gasteiger partial charge in [-0.05, 0) is 66.5 Å². The second-order valence-electron chi connectivity index (χ2n) is 8.56. The Morgan fingerprint density at radius 3 is 2.41 bits per heavy atom. The second-order valence-corrected chi connectivity index (χ2v) is 8.56. The highest BCUT2D eigenvalue weighted by Gasteiger charge is 2.33. The van der Waals surface area contributed by atoms with Crippen molar-refractivity contribution in [2.45, 2.75) is 71.1 Å². The summed E-state index contributed by atoms with van der Waals surface area (Å²) in [7, 11) is 0. The molecule has 1 aromatic heterocycles. The molecule has 0 fully saturated rings. The summed E-state index contributed by atoms with van der Waals surface area (Å²) < 4.78 is 0. The largest absolute Gasteiger partial charge is 0.358 e. The third kappa shape index (κ3) is 3.96. The molecule has 3 nitrogen and oxygen atoms in total. The molecule has 0 saturated heterocycles. The molecule has 0 aliphatic heterocycles. The fourth-order valence-corrected chi connectivity index (χ4v) is 4.85. The van der Waals surface area contributed by atoms with Crippen LogP contribution in [0.4, 0.5) is 5.69 Å². The van der Waals surface area contributed by atoms with E-state index < -0.39 is 0 Å². The number of hydrogen-bond acceptors (Lipinski definition) is 1. The van der Waals surface area contributed by atoms with Crippen LogP contribution in [0.2, 0.25) is 0 Å². The Bertz CT molecular complexity index is 992. The monoisotopic (exact) mass is 388 g/mol. The average molecular weight is 389 g/mol. The van der Waals surface area contributed by atoms with Gasteiger partial charge in [0.2, 0.25) is 5.91 Å². The highest BCUT2D eigenvalue weighted by Crippen LogP contribution is 2.42. The maximum Gasteiger partial charge on any atom is 0.232 e. The van der Waals surface area contributed by atoms with Gasteiger partial charge in [-0.15, -0.1) is 0 Å². The number of fused-ring (bicyclic) bond motifs is 3. The molecule has 29 heavy (non-hydrogen) atoms. The number of benzene rings is 2. The lowest BCUT2D eigenvalue weighted by Crippen LogP contribution is -2.25. The Labute approximate surface area is 173 Å². The van der Waals surface area contributed by atoms with Crippen molar-refractivity contribution in [3.05, 3.63) is 64.8 Å². The lowest BCUT2D eigenvalue weighted by Gasteiger charge is -2.26. The van der Waals surface area contributed by atoms with Crippen molar-refractivity contribution in [2.24, 2.45) is 0 Å². The van der Waals surface area contributed by atoms with Crippen molar-refractivity contribution in [1.29, 1.82) is 0 Å². The molecular formula is C26H32N2O. The number of nitrogens with one attached hydrogen (secondary N) is 2. The number of carbonyl (C=O) groups is 1. The normalized spacial score (nSPS) is 18.6. The molecule has 4 rings (SSSR count). The number of hydrogen-bond donors (Lipinski definition) is 2. The van der Waals surface area contributed by atoms with Gasteiger partial charge in [0.1, 0.15) is 0 Å². The second kappa shape index (κ2) is 8.44. The van der Waals surface area contributed by atoms with Gasteiger partial charge in [0.15, 0.2) is 0 Å². The zero-order valence-corrected chi connectivity index (χ0v) is 17.8. The first-order valence-corrected chi connectivity index (χ1v) is 11.1. The Morgan fingerprint density at radius 2 is 1.72 bits per heavy atom. The maximum atomic E-state index is 13.4. The van der Waals surface area contributed by atoms with Crippen LogP contribution >= 0.6 is 0 Å². The van der Waals surface area contributed by atoms with Gasteiger partial charge >= 0.3 is 0 Å². The van der Waals surface area contributed by atoms with Crippen LogP contribution in [-0.2, 0) is 17.6 Å². The van der Waals surface area contributed by atoms with Crippen LogP contribution < -0.4 is 5.32 Å².